The molecule has 2 aromatic carbocycles. The van der Waals surface area contributed by atoms with Crippen LogP contribution >= 0.6 is 11.3 Å². The minimum atomic E-state index is 0.119. The summed E-state index contributed by atoms with van der Waals surface area (Å²) in [5.41, 5.74) is 9.75. The molecule has 0 saturated heterocycles. The van der Waals surface area contributed by atoms with E-state index in [-0.39, 0.29) is 6.04 Å². The molecule has 142 valence electrons. The van der Waals surface area contributed by atoms with Crippen LogP contribution in [0.5, 0.6) is 5.75 Å². The molecule has 0 aliphatic heterocycles. The first-order valence-electron chi connectivity index (χ1n) is 9.38. The molecule has 28 heavy (non-hydrogen) atoms. The lowest BCUT2D eigenvalue weighted by molar-refractivity contribution is 0.414. The van der Waals surface area contributed by atoms with E-state index in [0.29, 0.717) is 0 Å². The maximum atomic E-state index is 6.34. The van der Waals surface area contributed by atoms with Crippen molar-refractivity contribution in [2.24, 2.45) is 5.73 Å². The minimum Gasteiger partial charge on any atom is -0.497 e. The van der Waals surface area contributed by atoms with E-state index >= 15 is 0 Å². The first-order valence-corrected chi connectivity index (χ1v) is 10.3. The third-order valence-electron chi connectivity index (χ3n) is 4.87. The Hall–Kier alpha value is -2.76. The Bertz CT molecular complexity index is 1060. The van der Waals surface area contributed by atoms with Crippen LogP contribution in [-0.2, 0) is 12.8 Å². The van der Waals surface area contributed by atoms with Crippen molar-refractivity contribution in [1.82, 2.24) is 9.97 Å². The summed E-state index contributed by atoms with van der Waals surface area (Å²) in [6.07, 6.45) is 6.39. The number of hydrogen-bond acceptors (Lipinski definition) is 5. The maximum Gasteiger partial charge on any atom is 0.118 e. The first-order chi connectivity index (χ1) is 13.7. The lowest BCUT2D eigenvalue weighted by Crippen LogP contribution is -2.23. The molecule has 1 atom stereocenters. The van der Waals surface area contributed by atoms with Crippen molar-refractivity contribution >= 4 is 22.1 Å². The number of hydrogen-bond donors (Lipinski definition) is 1. The van der Waals surface area contributed by atoms with Gasteiger partial charge in [-0.1, -0.05) is 24.3 Å². The van der Waals surface area contributed by atoms with Crippen LogP contribution in [0.3, 0.4) is 0 Å². The van der Waals surface area contributed by atoms with Gasteiger partial charge in [0.2, 0.25) is 0 Å². The number of nitrogens with zero attached hydrogens (tertiary/aromatic N) is 2. The lowest BCUT2D eigenvalue weighted by Gasteiger charge is -2.11. The van der Waals surface area contributed by atoms with Gasteiger partial charge in [-0.2, -0.15) is 0 Å². The molecule has 5 heteroatoms. The SMILES string of the molecule is COc1ccc(C[C@H](N)CCc2nc(-c3ccc4cnccc4c3)cs2)cc1. The number of fused-ring (bicyclic) bond motifs is 1. The molecule has 4 nitrogen and oxygen atoms in total. The van der Waals surface area contributed by atoms with Gasteiger partial charge in [-0.25, -0.2) is 4.98 Å². The molecule has 0 unspecified atom stereocenters. The summed E-state index contributed by atoms with van der Waals surface area (Å²) in [5, 5.41) is 5.59. The molecule has 4 rings (SSSR count). The van der Waals surface area contributed by atoms with E-state index in [1.54, 1.807) is 18.4 Å². The summed E-state index contributed by atoms with van der Waals surface area (Å²) >= 11 is 1.71. The number of aryl methyl sites for hydroxylation is 1. The van der Waals surface area contributed by atoms with Gasteiger partial charge in [-0.05, 0) is 48.1 Å². The normalized spacial score (nSPS) is 12.2. The molecule has 0 aliphatic carbocycles. The van der Waals surface area contributed by atoms with Gasteiger partial charge in [0.1, 0.15) is 5.75 Å². The Morgan fingerprint density at radius 2 is 1.93 bits per heavy atom. The molecule has 0 saturated carbocycles. The molecule has 4 aromatic rings. The second-order valence-corrected chi connectivity index (χ2v) is 7.86. The molecule has 0 amide bonds. The molecule has 0 radical (unpaired) electrons. The highest BCUT2D eigenvalue weighted by Crippen LogP contribution is 2.26. The number of benzene rings is 2. The molecule has 2 N–H and O–H groups in total. The third kappa shape index (κ3) is 4.38. The van der Waals surface area contributed by atoms with Crippen molar-refractivity contribution in [3.63, 3.8) is 0 Å². The average Bonchev–Trinajstić information content (AvgIpc) is 3.21. The summed E-state index contributed by atoms with van der Waals surface area (Å²) in [7, 11) is 1.68. The highest BCUT2D eigenvalue weighted by molar-refractivity contribution is 7.09. The standard InChI is InChI=1S/C23H23N3OS/c1-27-21-7-2-16(3-8-21)12-20(24)6-9-23-26-22(15-28-23)18-4-5-19-14-25-11-10-17(19)13-18/h2-5,7-8,10-11,13-15,20H,6,9,12,24H2,1H3/t20-/m1/s1. The van der Waals surface area contributed by atoms with Crippen LogP contribution in [0.15, 0.2) is 66.3 Å². The van der Waals surface area contributed by atoms with Crippen molar-refractivity contribution in [2.45, 2.75) is 25.3 Å². The fourth-order valence-corrected chi connectivity index (χ4v) is 4.10. The highest BCUT2D eigenvalue weighted by Gasteiger charge is 2.09. The third-order valence-corrected chi connectivity index (χ3v) is 5.78. The topological polar surface area (TPSA) is 61.0 Å². The van der Waals surface area contributed by atoms with Crippen molar-refractivity contribution in [3.05, 3.63) is 76.9 Å². The Morgan fingerprint density at radius 3 is 2.75 bits per heavy atom. The average molecular weight is 390 g/mol. The van der Waals surface area contributed by atoms with Crippen LogP contribution in [0.25, 0.3) is 22.0 Å². The van der Waals surface area contributed by atoms with Crippen LogP contribution in [0, 0.1) is 0 Å². The number of nitrogens with two attached hydrogens (primary N) is 1. The van der Waals surface area contributed by atoms with E-state index in [1.165, 1.54) is 10.9 Å². The van der Waals surface area contributed by atoms with Gasteiger partial charge in [0.05, 0.1) is 17.8 Å². The summed E-state index contributed by atoms with van der Waals surface area (Å²) in [4.78, 5) is 8.99. The number of rotatable bonds is 7. The molecular formula is C23H23N3OS. The summed E-state index contributed by atoms with van der Waals surface area (Å²) < 4.78 is 5.20. The van der Waals surface area contributed by atoms with Crippen LogP contribution in [0.2, 0.25) is 0 Å². The molecule has 0 aliphatic rings. The molecule has 0 fully saturated rings. The maximum absolute atomic E-state index is 6.34. The van der Waals surface area contributed by atoms with Crippen LogP contribution in [-0.4, -0.2) is 23.1 Å². The molecule has 2 heterocycles. The summed E-state index contributed by atoms with van der Waals surface area (Å²) in [6, 6.07) is 16.7. The van der Waals surface area contributed by atoms with E-state index in [9.17, 15) is 0 Å². The minimum absolute atomic E-state index is 0.119. The van der Waals surface area contributed by atoms with Crippen LogP contribution in [0.1, 0.15) is 17.0 Å². The fourth-order valence-electron chi connectivity index (χ4n) is 3.28. The number of pyridine rings is 1. The van der Waals surface area contributed by atoms with E-state index in [4.69, 9.17) is 15.5 Å². The van der Waals surface area contributed by atoms with Gasteiger partial charge >= 0.3 is 0 Å². The smallest absolute Gasteiger partial charge is 0.118 e. The number of aromatic nitrogens is 2. The zero-order valence-electron chi connectivity index (χ0n) is 15.8. The van der Waals surface area contributed by atoms with Gasteiger partial charge < -0.3 is 10.5 Å². The molecule has 0 spiro atoms. The van der Waals surface area contributed by atoms with Gasteiger partial charge in [-0.3, -0.25) is 4.98 Å². The number of methoxy groups -OCH3 is 1. The summed E-state index contributed by atoms with van der Waals surface area (Å²) in [5.74, 6) is 0.873. The van der Waals surface area contributed by atoms with Crippen molar-refractivity contribution in [1.29, 1.82) is 0 Å². The van der Waals surface area contributed by atoms with E-state index < -0.39 is 0 Å². The fraction of sp³-hybridized carbons (Fsp3) is 0.217. The lowest BCUT2D eigenvalue weighted by atomic mass is 10.0. The van der Waals surface area contributed by atoms with Gasteiger partial charge in [0.25, 0.3) is 0 Å². The van der Waals surface area contributed by atoms with E-state index in [0.717, 1.165) is 46.7 Å². The quantitative estimate of drug-likeness (QED) is 0.490. The second kappa shape index (κ2) is 8.50. The zero-order valence-corrected chi connectivity index (χ0v) is 16.7. The van der Waals surface area contributed by atoms with Gasteiger partial charge in [0, 0.05) is 41.2 Å². The largest absolute Gasteiger partial charge is 0.497 e. The monoisotopic (exact) mass is 389 g/mol. The highest BCUT2D eigenvalue weighted by atomic mass is 32.1. The summed E-state index contributed by atoms with van der Waals surface area (Å²) in [6.45, 7) is 0. The van der Waals surface area contributed by atoms with E-state index in [2.05, 4.69) is 40.7 Å². The van der Waals surface area contributed by atoms with Crippen LogP contribution in [0.4, 0.5) is 0 Å². The number of thiazole rings is 1. The molecule has 2 aromatic heterocycles. The van der Waals surface area contributed by atoms with Crippen molar-refractivity contribution < 1.29 is 4.74 Å². The first kappa shape index (κ1) is 18.6. The Kier molecular flexibility index (Phi) is 5.65. The molecule has 0 bridgehead atoms. The van der Waals surface area contributed by atoms with Crippen molar-refractivity contribution in [3.8, 4) is 17.0 Å². The van der Waals surface area contributed by atoms with Crippen LogP contribution < -0.4 is 10.5 Å². The molecular weight excluding hydrogens is 366 g/mol. The Labute approximate surface area is 169 Å². The van der Waals surface area contributed by atoms with Crippen molar-refractivity contribution in [2.75, 3.05) is 7.11 Å². The van der Waals surface area contributed by atoms with E-state index in [1.807, 2.05) is 30.6 Å². The van der Waals surface area contributed by atoms with Gasteiger partial charge in [-0.15, -0.1) is 11.3 Å². The predicted octanol–water partition coefficient (Wildman–Crippen LogP) is 4.87. The van der Waals surface area contributed by atoms with Gasteiger partial charge in [0.15, 0.2) is 0 Å². The predicted molar refractivity (Wildman–Crippen MR) is 116 cm³/mol. The number of ether oxygens (including phenoxy) is 1. The Morgan fingerprint density at radius 1 is 1.07 bits per heavy atom. The zero-order chi connectivity index (χ0) is 19.3. The second-order valence-electron chi connectivity index (χ2n) is 6.92. The Balaban J connectivity index is 1.37.